The van der Waals surface area contributed by atoms with Crippen LogP contribution in [0.5, 0.6) is 17.2 Å². The van der Waals surface area contributed by atoms with E-state index in [9.17, 15) is 14.7 Å². The maximum absolute atomic E-state index is 12.3. The van der Waals surface area contributed by atoms with Crippen LogP contribution >= 0.6 is 0 Å². The fourth-order valence-corrected chi connectivity index (χ4v) is 5.61. The second-order valence-corrected chi connectivity index (χ2v) is 12.6. The Morgan fingerprint density at radius 3 is 0.977 bits per heavy atom. The molecule has 0 bridgehead atoms. The molecule has 0 saturated heterocycles. The van der Waals surface area contributed by atoms with Crippen molar-refractivity contribution in [3.05, 3.63) is 18.2 Å². The molecule has 5 heteroatoms. The van der Waals surface area contributed by atoms with Gasteiger partial charge in [0.15, 0.2) is 0 Å². The highest BCUT2D eigenvalue weighted by Gasteiger charge is 2.11. The molecule has 0 aromatic heterocycles. The standard InChI is InChI=1S/C38H66O5/c1-3-5-7-9-11-13-15-17-19-21-23-25-27-29-37(40)42-35-31-34(39)32-36(33-35)43-38(41)30-28-26-24-22-20-18-16-14-12-10-8-6-4-2/h31-33,39H,3-30H2,1-2H3. The van der Waals surface area contributed by atoms with E-state index in [1.54, 1.807) is 0 Å². The minimum atomic E-state index is -0.321. The first-order chi connectivity index (χ1) is 21.0. The summed E-state index contributed by atoms with van der Waals surface area (Å²) >= 11 is 0. The first-order valence-electron chi connectivity index (χ1n) is 18.3. The highest BCUT2D eigenvalue weighted by molar-refractivity contribution is 5.74. The topological polar surface area (TPSA) is 72.8 Å². The maximum atomic E-state index is 12.3. The van der Waals surface area contributed by atoms with Crippen molar-refractivity contribution in [3.63, 3.8) is 0 Å². The summed E-state index contributed by atoms with van der Waals surface area (Å²) in [5.74, 6) is -0.308. The average molecular weight is 603 g/mol. The van der Waals surface area contributed by atoms with Crippen molar-refractivity contribution in [2.24, 2.45) is 0 Å². The van der Waals surface area contributed by atoms with E-state index < -0.39 is 0 Å². The van der Waals surface area contributed by atoms with E-state index in [2.05, 4.69) is 13.8 Å². The number of carbonyl (C=O) groups is 2. The Labute approximate surface area is 264 Å². The van der Waals surface area contributed by atoms with Crippen molar-refractivity contribution in [3.8, 4) is 17.2 Å². The van der Waals surface area contributed by atoms with Gasteiger partial charge < -0.3 is 14.6 Å². The summed E-state index contributed by atoms with van der Waals surface area (Å²) in [5, 5.41) is 10.0. The smallest absolute Gasteiger partial charge is 0.311 e. The third-order valence-electron chi connectivity index (χ3n) is 8.30. The first kappa shape index (κ1) is 39.0. The maximum Gasteiger partial charge on any atom is 0.311 e. The van der Waals surface area contributed by atoms with E-state index in [-0.39, 0.29) is 29.2 Å². The van der Waals surface area contributed by atoms with E-state index in [1.807, 2.05) is 0 Å². The zero-order chi connectivity index (χ0) is 31.2. The van der Waals surface area contributed by atoms with Crippen LogP contribution in [0.2, 0.25) is 0 Å². The Morgan fingerprint density at radius 2 is 0.698 bits per heavy atom. The van der Waals surface area contributed by atoms with E-state index in [1.165, 1.54) is 147 Å². The van der Waals surface area contributed by atoms with E-state index >= 15 is 0 Å². The van der Waals surface area contributed by atoms with Gasteiger partial charge in [-0.25, -0.2) is 0 Å². The number of phenols is 1. The lowest BCUT2D eigenvalue weighted by atomic mass is 10.0. The number of hydrogen-bond donors (Lipinski definition) is 1. The lowest BCUT2D eigenvalue weighted by molar-refractivity contribution is -0.135. The van der Waals surface area contributed by atoms with Crippen LogP contribution in [0.4, 0.5) is 0 Å². The first-order valence-corrected chi connectivity index (χ1v) is 18.3. The number of rotatable bonds is 30. The molecule has 1 aromatic carbocycles. The van der Waals surface area contributed by atoms with Crippen LogP contribution in [-0.2, 0) is 9.59 Å². The van der Waals surface area contributed by atoms with Gasteiger partial charge in [0.2, 0.25) is 0 Å². The summed E-state index contributed by atoms with van der Waals surface area (Å²) in [5.41, 5.74) is 0. The number of ether oxygens (including phenoxy) is 2. The van der Waals surface area contributed by atoms with Crippen molar-refractivity contribution in [1.82, 2.24) is 0 Å². The minimum Gasteiger partial charge on any atom is -0.508 e. The highest BCUT2D eigenvalue weighted by atomic mass is 16.5. The van der Waals surface area contributed by atoms with E-state index in [4.69, 9.17) is 9.47 Å². The molecule has 0 heterocycles. The Hall–Kier alpha value is -2.04. The molecule has 0 aliphatic rings. The van der Waals surface area contributed by atoms with Gasteiger partial charge in [-0.1, -0.05) is 168 Å². The quantitative estimate of drug-likeness (QED) is 0.0538. The largest absolute Gasteiger partial charge is 0.508 e. The van der Waals surface area contributed by atoms with Crippen molar-refractivity contribution in [2.45, 2.75) is 194 Å². The van der Waals surface area contributed by atoms with Gasteiger partial charge in [-0.05, 0) is 12.8 Å². The monoisotopic (exact) mass is 602 g/mol. The molecule has 0 fully saturated rings. The normalized spacial score (nSPS) is 11.1. The predicted molar refractivity (Wildman–Crippen MR) is 180 cm³/mol. The molecule has 0 unspecified atom stereocenters. The molecule has 0 spiro atoms. The van der Waals surface area contributed by atoms with Crippen LogP contribution in [0.25, 0.3) is 0 Å². The number of benzene rings is 1. The number of aromatic hydroxyl groups is 1. The van der Waals surface area contributed by atoms with Crippen LogP contribution in [0.15, 0.2) is 18.2 Å². The predicted octanol–water partition coefficient (Wildman–Crippen LogP) is 12.2. The number of hydrogen-bond acceptors (Lipinski definition) is 5. The molecule has 5 nitrogen and oxygen atoms in total. The lowest BCUT2D eigenvalue weighted by Gasteiger charge is -2.09. The molecule has 1 N–H and O–H groups in total. The van der Waals surface area contributed by atoms with Gasteiger partial charge in [0.05, 0.1) is 0 Å². The molecule has 0 aliphatic heterocycles. The summed E-state index contributed by atoms with van der Waals surface area (Å²) in [4.78, 5) is 24.6. The van der Waals surface area contributed by atoms with Gasteiger partial charge in [-0.3, -0.25) is 9.59 Å². The fraction of sp³-hybridized carbons (Fsp3) is 0.789. The second kappa shape index (κ2) is 28.7. The molecular weight excluding hydrogens is 536 g/mol. The Bertz CT molecular complexity index is 743. The third-order valence-corrected chi connectivity index (χ3v) is 8.30. The van der Waals surface area contributed by atoms with Crippen LogP contribution in [0, 0.1) is 0 Å². The molecule has 1 aromatic rings. The zero-order valence-electron chi connectivity index (χ0n) is 28.1. The Morgan fingerprint density at radius 1 is 0.442 bits per heavy atom. The van der Waals surface area contributed by atoms with Gasteiger partial charge in [0, 0.05) is 31.0 Å². The van der Waals surface area contributed by atoms with Crippen LogP contribution < -0.4 is 9.47 Å². The molecule has 0 saturated carbocycles. The average Bonchev–Trinajstić information content (AvgIpc) is 2.97. The molecule has 248 valence electrons. The van der Waals surface area contributed by atoms with Crippen molar-refractivity contribution >= 4 is 11.9 Å². The number of unbranched alkanes of at least 4 members (excludes halogenated alkanes) is 24. The third kappa shape index (κ3) is 25.0. The number of phenolic OH excluding ortho intramolecular Hbond substituents is 1. The number of esters is 2. The summed E-state index contributed by atoms with van der Waals surface area (Å²) < 4.78 is 10.8. The lowest BCUT2D eigenvalue weighted by Crippen LogP contribution is -2.09. The van der Waals surface area contributed by atoms with Crippen molar-refractivity contribution in [2.75, 3.05) is 0 Å². The van der Waals surface area contributed by atoms with Crippen LogP contribution in [-0.4, -0.2) is 17.0 Å². The molecule has 43 heavy (non-hydrogen) atoms. The van der Waals surface area contributed by atoms with Crippen molar-refractivity contribution < 1.29 is 24.2 Å². The van der Waals surface area contributed by atoms with E-state index in [0.717, 1.165) is 38.5 Å². The SMILES string of the molecule is CCCCCCCCCCCCCCCC(=O)Oc1cc(O)cc(OC(=O)CCCCCCCCCCCCCCC)c1. The van der Waals surface area contributed by atoms with Gasteiger partial charge in [-0.15, -0.1) is 0 Å². The summed E-state index contributed by atoms with van der Waals surface area (Å²) in [6, 6.07) is 4.26. The fourth-order valence-electron chi connectivity index (χ4n) is 5.61. The summed E-state index contributed by atoms with van der Waals surface area (Å²) in [7, 11) is 0. The highest BCUT2D eigenvalue weighted by Crippen LogP contribution is 2.28. The summed E-state index contributed by atoms with van der Waals surface area (Å²) in [6.07, 6.45) is 33.4. The van der Waals surface area contributed by atoms with E-state index in [0.29, 0.717) is 12.8 Å². The van der Waals surface area contributed by atoms with Gasteiger partial charge >= 0.3 is 11.9 Å². The molecule has 0 amide bonds. The molecule has 0 aliphatic carbocycles. The Balaban J connectivity index is 2.07. The molecular formula is C38H66O5. The van der Waals surface area contributed by atoms with Crippen LogP contribution in [0.3, 0.4) is 0 Å². The molecule has 0 atom stereocenters. The van der Waals surface area contributed by atoms with Gasteiger partial charge in [0.25, 0.3) is 0 Å². The summed E-state index contributed by atoms with van der Waals surface area (Å²) in [6.45, 7) is 4.52. The minimum absolute atomic E-state index is 0.0879. The molecule has 1 rings (SSSR count). The molecule has 0 radical (unpaired) electrons. The van der Waals surface area contributed by atoms with Gasteiger partial charge in [-0.2, -0.15) is 0 Å². The second-order valence-electron chi connectivity index (χ2n) is 12.6. The van der Waals surface area contributed by atoms with Gasteiger partial charge in [0.1, 0.15) is 17.2 Å². The zero-order valence-corrected chi connectivity index (χ0v) is 28.1. The Kier molecular flexibility index (Phi) is 26.0. The number of carbonyl (C=O) groups excluding carboxylic acids is 2. The van der Waals surface area contributed by atoms with Crippen LogP contribution in [0.1, 0.15) is 194 Å². The van der Waals surface area contributed by atoms with Crippen molar-refractivity contribution in [1.29, 1.82) is 0 Å².